The van der Waals surface area contributed by atoms with Crippen LogP contribution < -0.4 is 0 Å². The molecule has 3 radical (unpaired) electrons. The monoisotopic (exact) mass is 481 g/mol. The Kier molecular flexibility index (Phi) is 23.4. The van der Waals surface area contributed by atoms with Gasteiger partial charge in [0.05, 0.1) is 0 Å². The van der Waals surface area contributed by atoms with Gasteiger partial charge in [-0.1, -0.05) is 84.5 Å². The Balaban J connectivity index is 0. The quantitative estimate of drug-likeness (QED) is 0.199. The molecule has 6 heteroatoms. The average molecular weight is 480 g/mol. The van der Waals surface area contributed by atoms with E-state index in [2.05, 4.69) is 13.8 Å². The van der Waals surface area contributed by atoms with Crippen LogP contribution in [0.25, 0.3) is 0 Å². The minimum atomic E-state index is -2.51. The first-order chi connectivity index (χ1) is 12.2. The van der Waals surface area contributed by atoms with Crippen molar-refractivity contribution in [2.75, 3.05) is 21.3 Å². The number of hydrogen-bond acceptors (Lipinski definition) is 4. The van der Waals surface area contributed by atoms with Crippen molar-refractivity contribution in [3.63, 3.8) is 0 Å². The molecule has 0 amide bonds. The summed E-state index contributed by atoms with van der Waals surface area (Å²) in [7, 11) is 2.58. The summed E-state index contributed by atoms with van der Waals surface area (Å²) in [5.74, 6) is 0. The summed E-state index contributed by atoms with van der Waals surface area (Å²) < 4.78 is 25.1. The summed E-state index contributed by atoms with van der Waals surface area (Å²) in [5, 5.41) is 0. The summed E-state index contributed by atoms with van der Waals surface area (Å²) in [6.07, 6.45) is 17.0. The second-order valence-corrected chi connectivity index (χ2v) is 9.77. The molecule has 0 heterocycles. The Labute approximate surface area is 171 Å². The van der Waals surface area contributed by atoms with E-state index in [1.54, 1.807) is 21.3 Å². The van der Waals surface area contributed by atoms with E-state index in [1.807, 2.05) is 0 Å². The van der Waals surface area contributed by atoms with E-state index in [0.29, 0.717) is 28.1 Å². The van der Waals surface area contributed by atoms with E-state index in [9.17, 15) is 0 Å². The first-order valence-corrected chi connectivity index (χ1v) is 12.8. The zero-order valence-electron chi connectivity index (χ0n) is 17.1. The summed E-state index contributed by atoms with van der Waals surface area (Å²) in [4.78, 5) is 0. The van der Waals surface area contributed by atoms with Crippen molar-refractivity contribution in [1.29, 1.82) is 0 Å². The summed E-state index contributed by atoms with van der Waals surface area (Å²) >= 11 is 0.300. The standard InChI is InChI=1S/C19H41O3Si.O.Sn/c1-6-8-9-10-11-12-13-14-15-16-17-18-19(7-2)23(20-3,21-4)22-5;;/h19H,2,6-18H2,1,3-5H3;;. The van der Waals surface area contributed by atoms with Gasteiger partial charge in [-0.05, 0) is 12.8 Å². The molecule has 0 rings (SSSR count). The number of rotatable bonds is 17. The second kappa shape index (κ2) is 21.0. The third-order valence-electron chi connectivity index (χ3n) is 4.86. The van der Waals surface area contributed by atoms with Crippen molar-refractivity contribution in [3.8, 4) is 0 Å². The van der Waals surface area contributed by atoms with Crippen LogP contribution in [0.3, 0.4) is 0 Å². The zero-order valence-corrected chi connectivity index (χ0v) is 21.0. The molecule has 0 saturated heterocycles. The topological polar surface area (TPSA) is 44.8 Å². The van der Waals surface area contributed by atoms with E-state index in [0.717, 1.165) is 12.8 Å². The van der Waals surface area contributed by atoms with Crippen molar-refractivity contribution >= 4 is 31.3 Å². The van der Waals surface area contributed by atoms with Gasteiger partial charge >= 0.3 is 34.4 Å². The van der Waals surface area contributed by atoms with Gasteiger partial charge in [0.2, 0.25) is 0 Å². The van der Waals surface area contributed by atoms with Gasteiger partial charge in [0.1, 0.15) is 0 Å². The molecule has 0 aromatic rings. The van der Waals surface area contributed by atoms with Crippen LogP contribution in [0.15, 0.2) is 0 Å². The number of unbranched alkanes of at least 4 members (excludes halogenated alkanes) is 10. The van der Waals surface area contributed by atoms with Gasteiger partial charge in [-0.15, -0.1) is 0 Å². The maximum atomic E-state index is 8.34. The van der Waals surface area contributed by atoms with Crippen molar-refractivity contribution in [1.82, 2.24) is 0 Å². The van der Waals surface area contributed by atoms with Crippen molar-refractivity contribution in [2.24, 2.45) is 0 Å². The normalized spacial score (nSPS) is 12.5. The SMILES string of the molecule is [CH2]CC(CCCCCCCCCCCCC)[Si](OC)(OC)OC.[O]=[Sn]. The molecule has 0 N–H and O–H groups in total. The molecule has 1 unspecified atom stereocenters. The van der Waals surface area contributed by atoms with Crippen LogP contribution in [0, 0.1) is 6.92 Å². The predicted octanol–water partition coefficient (Wildman–Crippen LogP) is 5.66. The number of hydrogen-bond donors (Lipinski definition) is 0. The van der Waals surface area contributed by atoms with Gasteiger partial charge in [-0.25, -0.2) is 0 Å². The summed E-state index contributed by atoms with van der Waals surface area (Å²) in [6, 6.07) is 0. The Morgan fingerprint density at radius 1 is 0.760 bits per heavy atom. The molecular weight excluding hydrogens is 439 g/mol. The molecule has 0 aliphatic heterocycles. The fraction of sp³-hybridized carbons (Fsp3) is 0.947. The average Bonchev–Trinajstić information content (AvgIpc) is 2.67. The third kappa shape index (κ3) is 13.5. The predicted molar refractivity (Wildman–Crippen MR) is 108 cm³/mol. The van der Waals surface area contributed by atoms with E-state index in [1.165, 1.54) is 70.6 Å². The van der Waals surface area contributed by atoms with E-state index >= 15 is 0 Å². The molecule has 25 heavy (non-hydrogen) atoms. The van der Waals surface area contributed by atoms with Gasteiger partial charge < -0.3 is 13.3 Å². The van der Waals surface area contributed by atoms with Crippen molar-refractivity contribution < 1.29 is 16.4 Å². The Bertz CT molecular complexity index is 258. The summed E-state index contributed by atoms with van der Waals surface area (Å²) in [6.45, 7) is 6.34. The third-order valence-corrected chi connectivity index (χ3v) is 8.14. The minimum absolute atomic E-state index is 0.300. The molecule has 0 aromatic carbocycles. The van der Waals surface area contributed by atoms with E-state index < -0.39 is 8.80 Å². The fourth-order valence-electron chi connectivity index (χ4n) is 3.30. The van der Waals surface area contributed by atoms with Crippen LogP contribution >= 0.6 is 0 Å². The molecular formula is C19H41O4SiSn. The van der Waals surface area contributed by atoms with Gasteiger partial charge in [0.15, 0.2) is 0 Å². The van der Waals surface area contributed by atoms with Gasteiger partial charge in [-0.3, -0.25) is 0 Å². The Morgan fingerprint density at radius 3 is 1.44 bits per heavy atom. The Hall–Kier alpha value is 0.696. The molecule has 0 spiro atoms. The molecule has 149 valence electrons. The molecule has 0 aliphatic carbocycles. The molecule has 4 nitrogen and oxygen atoms in total. The van der Waals surface area contributed by atoms with Crippen LogP contribution in [-0.4, -0.2) is 52.6 Å². The zero-order chi connectivity index (χ0) is 19.4. The second-order valence-electron chi connectivity index (χ2n) is 6.53. The molecule has 0 aromatic heterocycles. The van der Waals surface area contributed by atoms with Crippen LogP contribution in [-0.2, 0) is 16.4 Å². The van der Waals surface area contributed by atoms with Gasteiger partial charge in [0.25, 0.3) is 0 Å². The molecule has 0 saturated carbocycles. The van der Waals surface area contributed by atoms with Crippen LogP contribution in [0.2, 0.25) is 5.54 Å². The van der Waals surface area contributed by atoms with Gasteiger partial charge in [-0.2, -0.15) is 0 Å². The Morgan fingerprint density at radius 2 is 1.12 bits per heavy atom. The summed E-state index contributed by atoms with van der Waals surface area (Å²) in [5.41, 5.74) is 0.320. The van der Waals surface area contributed by atoms with Crippen molar-refractivity contribution in [3.05, 3.63) is 6.92 Å². The van der Waals surface area contributed by atoms with Crippen LogP contribution in [0.4, 0.5) is 0 Å². The van der Waals surface area contributed by atoms with Crippen molar-refractivity contribution in [2.45, 2.75) is 95.9 Å². The van der Waals surface area contributed by atoms with Crippen LogP contribution in [0.1, 0.15) is 90.4 Å². The van der Waals surface area contributed by atoms with Gasteiger partial charge in [0, 0.05) is 26.9 Å². The molecule has 0 fully saturated rings. The van der Waals surface area contributed by atoms with E-state index in [-0.39, 0.29) is 0 Å². The first kappa shape index (κ1) is 27.9. The molecule has 1 atom stereocenters. The molecule has 0 bridgehead atoms. The maximum absolute atomic E-state index is 8.34. The van der Waals surface area contributed by atoms with Crippen LogP contribution in [0.5, 0.6) is 0 Å². The fourth-order valence-corrected chi connectivity index (χ4v) is 5.71. The first-order valence-electron chi connectivity index (χ1n) is 9.85. The molecule has 0 aliphatic rings. The van der Waals surface area contributed by atoms with E-state index in [4.69, 9.17) is 16.4 Å².